The molecular formula is C27H25N. The van der Waals surface area contributed by atoms with Crippen LogP contribution in [0.5, 0.6) is 0 Å². The molecule has 0 unspecified atom stereocenters. The van der Waals surface area contributed by atoms with Gasteiger partial charge < -0.3 is 4.90 Å². The number of allylic oxidation sites excluding steroid dienone is 3. The molecule has 0 amide bonds. The summed E-state index contributed by atoms with van der Waals surface area (Å²) in [6.07, 6.45) is 6.43. The minimum atomic E-state index is 1.16. The van der Waals surface area contributed by atoms with Crippen molar-refractivity contribution in [3.8, 4) is 0 Å². The Kier molecular flexibility index (Phi) is 4.99. The van der Waals surface area contributed by atoms with Gasteiger partial charge in [0.15, 0.2) is 0 Å². The van der Waals surface area contributed by atoms with Gasteiger partial charge in [-0.3, -0.25) is 0 Å². The van der Waals surface area contributed by atoms with Gasteiger partial charge in [0.1, 0.15) is 0 Å². The number of benzene rings is 4. The summed E-state index contributed by atoms with van der Waals surface area (Å²) in [5, 5.41) is 5.11. The number of para-hydroxylation sites is 1. The summed E-state index contributed by atoms with van der Waals surface area (Å²) < 4.78 is 0. The summed E-state index contributed by atoms with van der Waals surface area (Å²) in [7, 11) is 0. The number of aryl methyl sites for hydroxylation is 1. The van der Waals surface area contributed by atoms with E-state index in [1.54, 1.807) is 0 Å². The van der Waals surface area contributed by atoms with Gasteiger partial charge in [-0.1, -0.05) is 78.4 Å². The Balaban J connectivity index is 2.09. The zero-order chi connectivity index (χ0) is 19.5. The first-order valence-electron chi connectivity index (χ1n) is 9.79. The maximum absolute atomic E-state index is 2.35. The summed E-state index contributed by atoms with van der Waals surface area (Å²) in [6, 6.07) is 28.3. The highest BCUT2D eigenvalue weighted by atomic mass is 15.1. The van der Waals surface area contributed by atoms with Crippen LogP contribution in [0.25, 0.3) is 21.5 Å². The Morgan fingerprint density at radius 3 is 2.18 bits per heavy atom. The van der Waals surface area contributed by atoms with E-state index in [9.17, 15) is 0 Å². The van der Waals surface area contributed by atoms with Crippen LogP contribution in [-0.4, -0.2) is 0 Å². The average Bonchev–Trinajstić information content (AvgIpc) is 2.74. The summed E-state index contributed by atoms with van der Waals surface area (Å²) in [5.74, 6) is 0. The van der Waals surface area contributed by atoms with Crippen LogP contribution < -0.4 is 4.90 Å². The molecule has 0 aliphatic rings. The normalized spacial score (nSPS) is 12.2. The van der Waals surface area contributed by atoms with Crippen LogP contribution in [0.15, 0.2) is 103 Å². The van der Waals surface area contributed by atoms with Gasteiger partial charge in [-0.2, -0.15) is 0 Å². The Morgan fingerprint density at radius 1 is 0.750 bits per heavy atom. The van der Waals surface area contributed by atoms with Gasteiger partial charge >= 0.3 is 0 Å². The molecular weight excluding hydrogens is 338 g/mol. The largest absolute Gasteiger partial charge is 0.310 e. The molecule has 0 bridgehead atoms. The molecule has 1 heteroatoms. The summed E-state index contributed by atoms with van der Waals surface area (Å²) >= 11 is 0. The first kappa shape index (κ1) is 18.1. The van der Waals surface area contributed by atoms with Crippen LogP contribution in [0.2, 0.25) is 0 Å². The SMILES string of the molecule is C/C=C\C(=C/C)N(c1ccccc1)c1cc2ccc(C)cc2c2ccccc12. The third-order valence-corrected chi connectivity index (χ3v) is 5.14. The van der Waals surface area contributed by atoms with E-state index in [0.29, 0.717) is 0 Å². The molecule has 4 rings (SSSR count). The first-order valence-corrected chi connectivity index (χ1v) is 9.79. The van der Waals surface area contributed by atoms with Crippen LogP contribution >= 0.6 is 0 Å². The topological polar surface area (TPSA) is 3.24 Å². The van der Waals surface area contributed by atoms with E-state index in [0.717, 1.165) is 11.4 Å². The third-order valence-electron chi connectivity index (χ3n) is 5.14. The fraction of sp³-hybridized carbons (Fsp3) is 0.111. The van der Waals surface area contributed by atoms with Crippen molar-refractivity contribution in [2.75, 3.05) is 4.90 Å². The van der Waals surface area contributed by atoms with E-state index in [1.165, 1.54) is 32.8 Å². The first-order chi connectivity index (χ1) is 13.7. The van der Waals surface area contributed by atoms with Gasteiger partial charge in [-0.25, -0.2) is 0 Å². The lowest BCUT2D eigenvalue weighted by atomic mass is 9.97. The van der Waals surface area contributed by atoms with Gasteiger partial charge in [0.25, 0.3) is 0 Å². The smallest absolute Gasteiger partial charge is 0.0546 e. The van der Waals surface area contributed by atoms with Crippen LogP contribution in [0.1, 0.15) is 19.4 Å². The molecule has 4 aromatic rings. The molecule has 0 aliphatic heterocycles. The fourth-order valence-corrected chi connectivity index (χ4v) is 3.86. The van der Waals surface area contributed by atoms with Crippen molar-refractivity contribution in [3.05, 3.63) is 108 Å². The van der Waals surface area contributed by atoms with Gasteiger partial charge in [0.05, 0.1) is 5.69 Å². The molecule has 0 aromatic heterocycles. The van der Waals surface area contributed by atoms with Crippen LogP contribution in [0, 0.1) is 6.92 Å². The number of fused-ring (bicyclic) bond motifs is 3. The lowest BCUT2D eigenvalue weighted by Crippen LogP contribution is -2.15. The zero-order valence-corrected chi connectivity index (χ0v) is 16.7. The number of anilines is 2. The Hall–Kier alpha value is -3.32. The summed E-state index contributed by atoms with van der Waals surface area (Å²) in [6.45, 7) is 6.31. The zero-order valence-electron chi connectivity index (χ0n) is 16.7. The quantitative estimate of drug-likeness (QED) is 0.263. The molecule has 0 atom stereocenters. The van der Waals surface area contributed by atoms with E-state index >= 15 is 0 Å². The lowest BCUT2D eigenvalue weighted by molar-refractivity contribution is 1.21. The van der Waals surface area contributed by atoms with Crippen molar-refractivity contribution in [1.29, 1.82) is 0 Å². The predicted molar refractivity (Wildman–Crippen MR) is 123 cm³/mol. The summed E-state index contributed by atoms with van der Waals surface area (Å²) in [5.41, 5.74) is 4.80. The van der Waals surface area contributed by atoms with E-state index in [4.69, 9.17) is 0 Å². The van der Waals surface area contributed by atoms with Crippen molar-refractivity contribution in [1.82, 2.24) is 0 Å². The van der Waals surface area contributed by atoms with Gasteiger partial charge in [-0.15, -0.1) is 0 Å². The van der Waals surface area contributed by atoms with E-state index in [-0.39, 0.29) is 0 Å². The van der Waals surface area contributed by atoms with Gasteiger partial charge in [-0.05, 0) is 61.2 Å². The van der Waals surface area contributed by atoms with Crippen LogP contribution in [0.3, 0.4) is 0 Å². The summed E-state index contributed by atoms with van der Waals surface area (Å²) in [4.78, 5) is 2.35. The number of rotatable bonds is 4. The molecule has 1 nitrogen and oxygen atoms in total. The Bertz CT molecular complexity index is 1180. The molecule has 0 saturated carbocycles. The van der Waals surface area contributed by atoms with Crippen molar-refractivity contribution in [2.24, 2.45) is 0 Å². The molecule has 0 heterocycles. The van der Waals surface area contributed by atoms with Gasteiger partial charge in [0, 0.05) is 16.8 Å². The van der Waals surface area contributed by atoms with Crippen LogP contribution in [-0.2, 0) is 0 Å². The molecule has 0 spiro atoms. The highest BCUT2D eigenvalue weighted by molar-refractivity contribution is 6.14. The van der Waals surface area contributed by atoms with Crippen molar-refractivity contribution < 1.29 is 0 Å². The molecule has 28 heavy (non-hydrogen) atoms. The maximum atomic E-state index is 2.35. The van der Waals surface area contributed by atoms with Crippen molar-refractivity contribution in [3.63, 3.8) is 0 Å². The van der Waals surface area contributed by atoms with E-state index in [2.05, 4.69) is 123 Å². The standard InChI is InChI=1S/C27H25N/c1-4-11-22(5-2)28(23-12-7-6-8-13-23)27-19-21-17-16-20(3)18-26(21)24-14-9-10-15-25(24)27/h4-19H,1-3H3/b11-4-,22-5+. The Morgan fingerprint density at radius 2 is 1.46 bits per heavy atom. The maximum Gasteiger partial charge on any atom is 0.0546 e. The lowest BCUT2D eigenvalue weighted by Gasteiger charge is -2.28. The molecule has 0 N–H and O–H groups in total. The second-order valence-corrected chi connectivity index (χ2v) is 7.05. The second-order valence-electron chi connectivity index (χ2n) is 7.05. The molecule has 0 aliphatic carbocycles. The molecule has 0 radical (unpaired) electrons. The molecule has 0 fully saturated rings. The van der Waals surface area contributed by atoms with E-state index < -0.39 is 0 Å². The monoisotopic (exact) mass is 363 g/mol. The van der Waals surface area contributed by atoms with Crippen molar-refractivity contribution in [2.45, 2.75) is 20.8 Å². The molecule has 4 aromatic carbocycles. The number of hydrogen-bond acceptors (Lipinski definition) is 1. The Labute approximate surface area is 167 Å². The second kappa shape index (κ2) is 7.74. The van der Waals surface area contributed by atoms with Gasteiger partial charge in [0.2, 0.25) is 0 Å². The minimum Gasteiger partial charge on any atom is -0.310 e. The average molecular weight is 364 g/mol. The number of nitrogens with zero attached hydrogens (tertiary/aromatic N) is 1. The molecule has 0 saturated heterocycles. The van der Waals surface area contributed by atoms with E-state index in [1.807, 2.05) is 0 Å². The minimum absolute atomic E-state index is 1.16. The fourth-order valence-electron chi connectivity index (χ4n) is 3.86. The van der Waals surface area contributed by atoms with Crippen LogP contribution in [0.4, 0.5) is 11.4 Å². The highest BCUT2D eigenvalue weighted by Gasteiger charge is 2.17. The predicted octanol–water partition coefficient (Wildman–Crippen LogP) is 7.92. The third kappa shape index (κ3) is 3.20. The number of hydrogen-bond donors (Lipinski definition) is 0. The molecule has 138 valence electrons. The highest BCUT2D eigenvalue weighted by Crippen LogP contribution is 2.39. The van der Waals surface area contributed by atoms with Crippen molar-refractivity contribution >= 4 is 32.9 Å².